The van der Waals surface area contributed by atoms with Gasteiger partial charge in [0.2, 0.25) is 0 Å². The zero-order chi connectivity index (χ0) is 24.5. The monoisotopic (exact) mass is 491 g/mol. The standard InChI is InChI=1S/C26H29N5O3S/c1-18(15-30-16-22(20-10-14-35-17-20)24(32)28(2)26(30)34)29-11-8-21(9-12-29)31-13-7-19-5-3-4-6-23(19)27-25(31)33/h3-6,10,14,16-17,21H,1,7-9,11-13,15H2,2H3,(H,27,33). The Morgan fingerprint density at radius 1 is 1.11 bits per heavy atom. The van der Waals surface area contributed by atoms with Gasteiger partial charge in [-0.25, -0.2) is 9.59 Å². The van der Waals surface area contributed by atoms with Crippen molar-refractivity contribution in [2.75, 3.05) is 25.0 Å². The van der Waals surface area contributed by atoms with E-state index in [0.29, 0.717) is 18.7 Å². The second kappa shape index (κ2) is 9.58. The molecule has 0 bridgehead atoms. The quantitative estimate of drug-likeness (QED) is 0.594. The van der Waals surface area contributed by atoms with Gasteiger partial charge in [0.15, 0.2) is 0 Å². The fourth-order valence-electron chi connectivity index (χ4n) is 4.98. The molecule has 0 unspecified atom stereocenters. The van der Waals surface area contributed by atoms with Gasteiger partial charge in [-0.15, -0.1) is 0 Å². The van der Waals surface area contributed by atoms with Crippen LogP contribution in [0, 0.1) is 0 Å². The summed E-state index contributed by atoms with van der Waals surface area (Å²) >= 11 is 1.51. The van der Waals surface area contributed by atoms with Crippen molar-refractivity contribution in [3.8, 4) is 11.1 Å². The number of hydrogen-bond donors (Lipinski definition) is 1. The van der Waals surface area contributed by atoms with E-state index in [0.717, 1.165) is 53.9 Å². The Labute approximate surface area is 207 Å². The zero-order valence-corrected chi connectivity index (χ0v) is 20.6. The van der Waals surface area contributed by atoms with Gasteiger partial charge in [-0.05, 0) is 53.3 Å². The van der Waals surface area contributed by atoms with Crippen LogP contribution in [0.15, 0.2) is 69.2 Å². The van der Waals surface area contributed by atoms with Gasteiger partial charge in [-0.2, -0.15) is 11.3 Å². The topological polar surface area (TPSA) is 79.6 Å². The summed E-state index contributed by atoms with van der Waals surface area (Å²) in [6.07, 6.45) is 4.16. The average Bonchev–Trinajstić information content (AvgIpc) is 3.34. The Balaban J connectivity index is 1.25. The highest BCUT2D eigenvalue weighted by atomic mass is 32.1. The maximum Gasteiger partial charge on any atom is 0.331 e. The molecule has 1 N–H and O–H groups in total. The second-order valence-electron chi connectivity index (χ2n) is 9.14. The molecule has 2 aromatic heterocycles. The highest BCUT2D eigenvalue weighted by Crippen LogP contribution is 2.25. The number of thiophene rings is 1. The van der Waals surface area contributed by atoms with Crippen molar-refractivity contribution in [2.45, 2.75) is 31.8 Å². The molecule has 1 aromatic carbocycles. The van der Waals surface area contributed by atoms with Crippen molar-refractivity contribution in [1.82, 2.24) is 18.9 Å². The molecule has 0 spiro atoms. The maximum atomic E-state index is 12.9. The van der Waals surface area contributed by atoms with Crippen molar-refractivity contribution in [3.05, 3.63) is 86.0 Å². The summed E-state index contributed by atoms with van der Waals surface area (Å²) in [5.41, 5.74) is 3.56. The number of rotatable bonds is 5. The highest BCUT2D eigenvalue weighted by Gasteiger charge is 2.30. The molecule has 2 aliphatic heterocycles. The molecule has 2 aliphatic rings. The number of benzene rings is 1. The first-order valence-corrected chi connectivity index (χ1v) is 12.8. The number of anilines is 1. The Hall–Kier alpha value is -3.59. The predicted molar refractivity (Wildman–Crippen MR) is 139 cm³/mol. The van der Waals surface area contributed by atoms with Crippen LogP contribution < -0.4 is 16.6 Å². The molecule has 9 heteroatoms. The molecule has 1 saturated heterocycles. The van der Waals surface area contributed by atoms with Gasteiger partial charge in [-0.3, -0.25) is 13.9 Å². The highest BCUT2D eigenvalue weighted by molar-refractivity contribution is 7.08. The summed E-state index contributed by atoms with van der Waals surface area (Å²) in [6, 6.07) is 9.98. The molecule has 0 saturated carbocycles. The van der Waals surface area contributed by atoms with Gasteiger partial charge in [0, 0.05) is 50.3 Å². The van der Waals surface area contributed by atoms with Crippen molar-refractivity contribution in [2.24, 2.45) is 7.05 Å². The number of carbonyl (C=O) groups is 1. The van der Waals surface area contributed by atoms with Crippen LogP contribution in [0.4, 0.5) is 10.5 Å². The molecule has 1 fully saturated rings. The van der Waals surface area contributed by atoms with E-state index in [4.69, 9.17) is 0 Å². The molecule has 3 aromatic rings. The van der Waals surface area contributed by atoms with Gasteiger partial charge in [0.25, 0.3) is 5.56 Å². The molecule has 182 valence electrons. The molecule has 4 heterocycles. The van der Waals surface area contributed by atoms with E-state index < -0.39 is 0 Å². The van der Waals surface area contributed by atoms with Crippen molar-refractivity contribution in [3.63, 3.8) is 0 Å². The number of fused-ring (bicyclic) bond motifs is 1. The lowest BCUT2D eigenvalue weighted by atomic mass is 10.0. The number of carbonyl (C=O) groups excluding carboxylic acids is 1. The number of piperidine rings is 1. The number of para-hydroxylation sites is 1. The third-order valence-electron chi connectivity index (χ3n) is 7.03. The summed E-state index contributed by atoms with van der Waals surface area (Å²) in [6.45, 7) is 6.78. The molecule has 35 heavy (non-hydrogen) atoms. The average molecular weight is 492 g/mol. The van der Waals surface area contributed by atoms with Crippen LogP contribution in [0.1, 0.15) is 18.4 Å². The third kappa shape index (κ3) is 4.55. The van der Waals surface area contributed by atoms with Gasteiger partial charge < -0.3 is 15.1 Å². The van der Waals surface area contributed by atoms with E-state index in [9.17, 15) is 14.4 Å². The molecular formula is C26H29N5O3S. The summed E-state index contributed by atoms with van der Waals surface area (Å²) in [5.74, 6) is 0. The van der Waals surface area contributed by atoms with E-state index in [-0.39, 0.29) is 23.3 Å². The molecule has 8 nitrogen and oxygen atoms in total. The van der Waals surface area contributed by atoms with E-state index in [1.807, 2.05) is 39.9 Å². The molecule has 0 radical (unpaired) electrons. The summed E-state index contributed by atoms with van der Waals surface area (Å²) in [7, 11) is 1.51. The summed E-state index contributed by atoms with van der Waals surface area (Å²) in [5, 5.41) is 6.88. The van der Waals surface area contributed by atoms with Gasteiger partial charge >= 0.3 is 11.7 Å². The summed E-state index contributed by atoms with van der Waals surface area (Å²) < 4.78 is 2.71. The normalized spacial score (nSPS) is 16.5. The largest absolute Gasteiger partial charge is 0.374 e. The minimum Gasteiger partial charge on any atom is -0.374 e. The lowest BCUT2D eigenvalue weighted by molar-refractivity contribution is 0.142. The van der Waals surface area contributed by atoms with Crippen LogP contribution in [0.25, 0.3) is 11.1 Å². The van der Waals surface area contributed by atoms with E-state index in [1.165, 1.54) is 23.9 Å². The van der Waals surface area contributed by atoms with Crippen molar-refractivity contribution < 1.29 is 4.79 Å². The predicted octanol–water partition coefficient (Wildman–Crippen LogP) is 3.34. The fourth-order valence-corrected chi connectivity index (χ4v) is 5.64. The fraction of sp³-hybridized carbons (Fsp3) is 0.346. The Bertz CT molecular complexity index is 1370. The number of nitrogens with one attached hydrogen (secondary N) is 1. The van der Waals surface area contributed by atoms with Crippen LogP contribution in [-0.4, -0.2) is 50.6 Å². The van der Waals surface area contributed by atoms with Crippen molar-refractivity contribution >= 4 is 23.1 Å². The number of hydrogen-bond acceptors (Lipinski definition) is 5. The number of likely N-dealkylation sites (tertiary alicyclic amines) is 1. The number of urea groups is 1. The molecule has 2 amide bonds. The Kier molecular flexibility index (Phi) is 6.34. The van der Waals surface area contributed by atoms with Gasteiger partial charge in [0.1, 0.15) is 0 Å². The van der Waals surface area contributed by atoms with Gasteiger partial charge in [-0.1, -0.05) is 24.8 Å². The van der Waals surface area contributed by atoms with E-state index in [2.05, 4.69) is 22.9 Å². The number of amides is 2. The molecule has 0 aliphatic carbocycles. The van der Waals surface area contributed by atoms with Gasteiger partial charge in [0.05, 0.1) is 12.1 Å². The number of aromatic nitrogens is 2. The van der Waals surface area contributed by atoms with Crippen LogP contribution in [0.3, 0.4) is 0 Å². The molecule has 5 rings (SSSR count). The summed E-state index contributed by atoms with van der Waals surface area (Å²) in [4.78, 5) is 42.4. The van der Waals surface area contributed by atoms with Crippen LogP contribution in [0.2, 0.25) is 0 Å². The first-order valence-electron chi connectivity index (χ1n) is 11.8. The van der Waals surface area contributed by atoms with E-state index in [1.54, 1.807) is 10.8 Å². The lowest BCUT2D eigenvalue weighted by Gasteiger charge is -2.39. The van der Waals surface area contributed by atoms with Crippen LogP contribution in [-0.2, 0) is 20.0 Å². The smallest absolute Gasteiger partial charge is 0.331 e. The van der Waals surface area contributed by atoms with Crippen LogP contribution >= 0.6 is 11.3 Å². The minimum atomic E-state index is -0.356. The third-order valence-corrected chi connectivity index (χ3v) is 7.72. The molecule has 0 atom stereocenters. The Morgan fingerprint density at radius 3 is 2.63 bits per heavy atom. The number of allylic oxidation sites excluding steroid dienone is 1. The first-order chi connectivity index (χ1) is 16.9. The SMILES string of the molecule is C=C(Cn1cc(-c2ccsc2)c(=O)n(C)c1=O)N1CCC(N2CCc3ccccc3NC2=O)CC1. The maximum absolute atomic E-state index is 12.9. The van der Waals surface area contributed by atoms with Crippen molar-refractivity contribution in [1.29, 1.82) is 0 Å². The zero-order valence-electron chi connectivity index (χ0n) is 19.8. The molecular weight excluding hydrogens is 462 g/mol. The van der Waals surface area contributed by atoms with Crippen LogP contribution in [0.5, 0.6) is 0 Å². The van der Waals surface area contributed by atoms with E-state index >= 15 is 0 Å². The minimum absolute atomic E-state index is 0.0371. The Morgan fingerprint density at radius 2 is 1.89 bits per heavy atom. The second-order valence-corrected chi connectivity index (χ2v) is 9.92. The first kappa shape index (κ1) is 23.2. The number of nitrogens with zero attached hydrogens (tertiary/aromatic N) is 4. The lowest BCUT2D eigenvalue weighted by Crippen LogP contribution is -2.49.